The average Bonchev–Trinajstić information content (AvgIpc) is 3.18. The Hall–Kier alpha value is -2.49. The van der Waals surface area contributed by atoms with E-state index in [4.69, 9.17) is 43.6 Å². The molecule has 0 saturated carbocycles. The number of nitrogens with two attached hydrogens (primary N) is 1. The number of carboxylic acid groups (broad SMARTS) is 2. The van der Waals surface area contributed by atoms with Gasteiger partial charge in [0.05, 0.1) is 19.8 Å². The summed E-state index contributed by atoms with van der Waals surface area (Å²) in [7, 11) is 0. The molecule has 0 radical (unpaired) electrons. The van der Waals surface area contributed by atoms with Gasteiger partial charge in [0, 0.05) is 26.1 Å². The highest BCUT2D eigenvalue weighted by atomic mass is 32.2. The molecule has 0 aromatic rings. The lowest BCUT2D eigenvalue weighted by atomic mass is 9.94. The van der Waals surface area contributed by atoms with Crippen molar-refractivity contribution in [3.63, 3.8) is 0 Å². The summed E-state index contributed by atoms with van der Waals surface area (Å²) in [6.45, 7) is 0.921. The van der Waals surface area contributed by atoms with Crippen LogP contribution in [-0.2, 0) is 57.1 Å². The van der Waals surface area contributed by atoms with Gasteiger partial charge in [0.25, 0.3) is 0 Å². The molecule has 20 atom stereocenters. The first-order valence-electron chi connectivity index (χ1n) is 18.8. The Morgan fingerprint density at radius 2 is 1.05 bits per heavy atom. The summed E-state index contributed by atoms with van der Waals surface area (Å²) in [6.07, 6.45) is -34.2. The topological polar surface area (TPSA) is 415 Å². The second-order valence-corrected chi connectivity index (χ2v) is 15.6. The van der Waals surface area contributed by atoms with Gasteiger partial charge in [-0.25, -0.2) is 9.59 Å². The standard InChI is InChI=1S/C33H55N3O23S/c1-10(38)35-14-25(57-33-23(47)19(43)21(45)27(59-33)29(50)51)17(41)13(55-30(14)52-5-3-6-60-7-4-34)9-53-31-15(36-11(2)39)24(16(40)12(8-37)54-31)56-32-22(46)18(42)20(44)26(58-32)28(48)49/h12-27,30-33,37,40-47H,3-9,34H2,1-2H3,(H,35,38)(H,36,39)(H,48,49)(H,50,51)/t12-,13-,14-,15-,16+,17+,18+,19+,20+,21+,22-,23-,24-,25-,26+,27+,30-,31-,32-,33-/m1/s1. The largest absolute Gasteiger partial charge is 0.479 e. The summed E-state index contributed by atoms with van der Waals surface area (Å²) in [5, 5.41) is 119. The number of amides is 2. The number of aliphatic carboxylic acids is 2. The molecule has 60 heavy (non-hydrogen) atoms. The number of rotatable bonds is 19. The van der Waals surface area contributed by atoms with Crippen LogP contribution in [0.3, 0.4) is 0 Å². The van der Waals surface area contributed by atoms with Gasteiger partial charge in [0.15, 0.2) is 37.4 Å². The zero-order chi connectivity index (χ0) is 44.6. The fourth-order valence-corrected chi connectivity index (χ4v) is 7.57. The molecule has 4 aliphatic rings. The smallest absolute Gasteiger partial charge is 0.335 e. The van der Waals surface area contributed by atoms with Crippen LogP contribution in [-0.4, -0.2) is 240 Å². The fourth-order valence-electron chi connectivity index (χ4n) is 6.88. The quantitative estimate of drug-likeness (QED) is 0.0535. The number of aliphatic hydroxyl groups is 9. The Bertz CT molecular complexity index is 1420. The third kappa shape index (κ3) is 12.2. The van der Waals surface area contributed by atoms with Crippen LogP contribution in [0.15, 0.2) is 0 Å². The summed E-state index contributed by atoms with van der Waals surface area (Å²) >= 11 is 1.52. The lowest BCUT2D eigenvalue weighted by Gasteiger charge is -2.48. The predicted octanol–water partition coefficient (Wildman–Crippen LogP) is -8.17. The molecule has 2 amide bonds. The second-order valence-electron chi connectivity index (χ2n) is 14.3. The molecule has 4 heterocycles. The minimum absolute atomic E-state index is 0.00174. The van der Waals surface area contributed by atoms with E-state index in [1.807, 2.05) is 0 Å². The molecule has 0 aromatic carbocycles. The van der Waals surface area contributed by atoms with Gasteiger partial charge in [0.2, 0.25) is 11.8 Å². The van der Waals surface area contributed by atoms with Gasteiger partial charge in [-0.3, -0.25) is 9.59 Å². The summed E-state index contributed by atoms with van der Waals surface area (Å²) in [4.78, 5) is 48.4. The predicted molar refractivity (Wildman–Crippen MR) is 193 cm³/mol. The Balaban J connectivity index is 1.63. The number of ether oxygens (including phenoxy) is 8. The summed E-state index contributed by atoms with van der Waals surface area (Å²) < 4.78 is 45.7. The Morgan fingerprint density at radius 1 is 0.600 bits per heavy atom. The highest BCUT2D eigenvalue weighted by Gasteiger charge is 2.55. The van der Waals surface area contributed by atoms with Gasteiger partial charge in [-0.15, -0.1) is 0 Å². The molecule has 0 unspecified atom stereocenters. The normalized spacial score (nSPS) is 42.3. The Morgan fingerprint density at radius 3 is 1.48 bits per heavy atom. The van der Waals surface area contributed by atoms with E-state index in [1.54, 1.807) is 0 Å². The molecule has 0 bridgehead atoms. The van der Waals surface area contributed by atoms with E-state index in [0.29, 0.717) is 24.5 Å². The molecule has 4 fully saturated rings. The number of nitrogens with one attached hydrogen (secondary N) is 2. The Kier molecular flexibility index (Phi) is 19.0. The maximum atomic E-state index is 12.4. The zero-order valence-electron chi connectivity index (χ0n) is 32.3. The molecule has 346 valence electrons. The Labute approximate surface area is 345 Å². The molecule has 4 rings (SSSR count). The van der Waals surface area contributed by atoms with Crippen LogP contribution in [0.2, 0.25) is 0 Å². The van der Waals surface area contributed by atoms with Gasteiger partial charge >= 0.3 is 11.9 Å². The molecule has 0 aliphatic carbocycles. The average molecular weight is 894 g/mol. The van der Waals surface area contributed by atoms with Crippen molar-refractivity contribution >= 4 is 35.5 Å². The van der Waals surface area contributed by atoms with Gasteiger partial charge in [0.1, 0.15) is 85.3 Å². The van der Waals surface area contributed by atoms with E-state index < -0.39 is 160 Å². The number of carbonyl (C=O) groups excluding carboxylic acids is 2. The first-order chi connectivity index (χ1) is 28.3. The van der Waals surface area contributed by atoms with Crippen LogP contribution < -0.4 is 16.4 Å². The van der Waals surface area contributed by atoms with Crippen molar-refractivity contribution in [3.8, 4) is 0 Å². The van der Waals surface area contributed by atoms with E-state index in [2.05, 4.69) is 10.6 Å². The van der Waals surface area contributed by atoms with Crippen LogP contribution >= 0.6 is 11.8 Å². The molecule has 4 aliphatic heterocycles. The lowest BCUT2D eigenvalue weighted by molar-refractivity contribution is -0.352. The maximum absolute atomic E-state index is 12.4. The van der Waals surface area contributed by atoms with E-state index >= 15 is 0 Å². The first kappa shape index (κ1) is 50.2. The molecule has 27 heteroatoms. The van der Waals surface area contributed by atoms with Crippen molar-refractivity contribution < 1.29 is 113 Å². The summed E-state index contributed by atoms with van der Waals surface area (Å²) in [6, 6.07) is -3.03. The van der Waals surface area contributed by atoms with Crippen molar-refractivity contribution in [2.24, 2.45) is 5.73 Å². The molecule has 4 saturated heterocycles. The highest BCUT2D eigenvalue weighted by molar-refractivity contribution is 7.99. The number of hydrogen-bond acceptors (Lipinski definition) is 23. The van der Waals surface area contributed by atoms with Crippen molar-refractivity contribution in [2.75, 3.05) is 37.9 Å². The number of thioether (sulfide) groups is 1. The van der Waals surface area contributed by atoms with E-state index in [0.717, 1.165) is 13.8 Å². The first-order valence-corrected chi connectivity index (χ1v) is 20.0. The van der Waals surface area contributed by atoms with Gasteiger partial charge in [-0.1, -0.05) is 0 Å². The maximum Gasteiger partial charge on any atom is 0.335 e. The minimum Gasteiger partial charge on any atom is -0.479 e. The number of hydrogen-bond donors (Lipinski definition) is 14. The van der Waals surface area contributed by atoms with Crippen LogP contribution in [0.1, 0.15) is 20.3 Å². The number of aliphatic hydroxyl groups excluding tert-OH is 9. The van der Waals surface area contributed by atoms with Crippen molar-refractivity contribution in [1.29, 1.82) is 0 Å². The summed E-state index contributed by atoms with van der Waals surface area (Å²) in [5.41, 5.74) is 5.55. The SMILES string of the molecule is CC(=O)N[C@H]1[C@H](OC[C@H]2O[C@@H](OCCCSCCN)[C@H](NC(C)=O)[C@@H](O[C@@H]3O[C@H](C(=O)O)[C@@H](O)[C@H](O)[C@H]3O)[C@H]2O)O[C@H](CO)[C@H](O)[C@@H]1O[C@@H]1O[C@H](C(=O)O)[C@@H](O)[C@H](O)[C@H]1O. The van der Waals surface area contributed by atoms with E-state index in [-0.39, 0.29) is 6.61 Å². The van der Waals surface area contributed by atoms with Crippen molar-refractivity contribution in [1.82, 2.24) is 10.6 Å². The fraction of sp³-hybridized carbons (Fsp3) is 0.879. The van der Waals surface area contributed by atoms with Crippen LogP contribution in [0.5, 0.6) is 0 Å². The van der Waals surface area contributed by atoms with Gasteiger partial charge in [-0.05, 0) is 12.2 Å². The molecular weight excluding hydrogens is 838 g/mol. The van der Waals surface area contributed by atoms with Crippen LogP contribution in [0.4, 0.5) is 0 Å². The zero-order valence-corrected chi connectivity index (χ0v) is 33.1. The van der Waals surface area contributed by atoms with E-state index in [1.165, 1.54) is 11.8 Å². The number of carboxylic acids is 2. The molecule has 0 aromatic heterocycles. The molecule has 26 nitrogen and oxygen atoms in total. The van der Waals surface area contributed by atoms with Crippen molar-refractivity contribution in [2.45, 2.75) is 143 Å². The van der Waals surface area contributed by atoms with Crippen LogP contribution in [0, 0.1) is 0 Å². The molecule has 15 N–H and O–H groups in total. The highest BCUT2D eigenvalue weighted by Crippen LogP contribution is 2.33. The minimum atomic E-state index is -2.12. The second kappa shape index (κ2) is 22.7. The monoisotopic (exact) mass is 893 g/mol. The lowest BCUT2D eigenvalue weighted by Crippen LogP contribution is -2.69. The third-order valence-corrected chi connectivity index (χ3v) is 11.0. The number of carbonyl (C=O) groups is 4. The third-order valence-electron chi connectivity index (χ3n) is 9.88. The molecular formula is C33H55N3O23S. The van der Waals surface area contributed by atoms with Crippen molar-refractivity contribution in [3.05, 3.63) is 0 Å². The van der Waals surface area contributed by atoms with Gasteiger partial charge in [-0.2, -0.15) is 11.8 Å². The van der Waals surface area contributed by atoms with E-state index in [9.17, 15) is 75.3 Å². The summed E-state index contributed by atoms with van der Waals surface area (Å²) in [5.74, 6) is -3.70. The van der Waals surface area contributed by atoms with Gasteiger partial charge < -0.3 is 110 Å². The van der Waals surface area contributed by atoms with Crippen LogP contribution in [0.25, 0.3) is 0 Å². The molecule has 0 spiro atoms.